The molecule has 2 heterocycles. The van der Waals surface area contributed by atoms with Gasteiger partial charge < -0.3 is 20.4 Å². The Labute approximate surface area is 126 Å². The van der Waals surface area contributed by atoms with Gasteiger partial charge in [-0.2, -0.15) is 0 Å². The molecule has 4 atom stereocenters. The van der Waals surface area contributed by atoms with Crippen LogP contribution in [0.4, 0.5) is 0 Å². The van der Waals surface area contributed by atoms with Crippen LogP contribution < -0.4 is 5.32 Å². The van der Waals surface area contributed by atoms with Crippen molar-refractivity contribution in [2.24, 2.45) is 11.8 Å². The van der Waals surface area contributed by atoms with Crippen LogP contribution in [0.2, 0.25) is 0 Å². The number of aliphatic carboxylic acids is 1. The number of rotatable bonds is 5. The molecule has 0 bridgehead atoms. The van der Waals surface area contributed by atoms with Gasteiger partial charge >= 0.3 is 5.97 Å². The zero-order valence-corrected chi connectivity index (χ0v) is 12.8. The van der Waals surface area contributed by atoms with E-state index in [2.05, 4.69) is 5.32 Å². The summed E-state index contributed by atoms with van der Waals surface area (Å²) in [5, 5.41) is 21.6. The normalized spacial score (nSPS) is 29.0. The van der Waals surface area contributed by atoms with Crippen molar-refractivity contribution >= 4 is 29.5 Å². The number of hydrogen-bond acceptors (Lipinski definition) is 5. The Bertz CT molecular complexity index is 531. The standard InChI is InChI=1S/C13H18N2O5S/c1-5-9-8(6(2)16)12(18)15(9)10(13(19)20)11(5)21-4-14-7(3)17/h5-6,8-9,16H,4H2,1-3H3,(H,14,17)(H,19,20)/t5-,6-,8-,9-/m1/s1. The van der Waals surface area contributed by atoms with Crippen molar-refractivity contribution in [1.82, 2.24) is 10.2 Å². The minimum Gasteiger partial charge on any atom is -0.477 e. The lowest BCUT2D eigenvalue weighted by Crippen LogP contribution is -2.63. The molecule has 2 amide bonds. The lowest BCUT2D eigenvalue weighted by Gasteiger charge is -2.46. The largest absolute Gasteiger partial charge is 0.477 e. The Morgan fingerprint density at radius 1 is 1.48 bits per heavy atom. The predicted molar refractivity (Wildman–Crippen MR) is 75.9 cm³/mol. The van der Waals surface area contributed by atoms with Crippen LogP contribution in [-0.2, 0) is 14.4 Å². The number of nitrogens with one attached hydrogen (secondary N) is 1. The van der Waals surface area contributed by atoms with Crippen molar-refractivity contribution in [1.29, 1.82) is 0 Å². The van der Waals surface area contributed by atoms with Gasteiger partial charge in [0.15, 0.2) is 0 Å². The Kier molecular flexibility index (Phi) is 4.29. The highest BCUT2D eigenvalue weighted by atomic mass is 32.2. The zero-order valence-electron chi connectivity index (χ0n) is 12.0. The summed E-state index contributed by atoms with van der Waals surface area (Å²) in [7, 11) is 0. The summed E-state index contributed by atoms with van der Waals surface area (Å²) in [5.74, 6) is -2.20. The number of fused-ring (bicyclic) bond motifs is 1. The van der Waals surface area contributed by atoms with E-state index in [0.29, 0.717) is 4.91 Å². The molecule has 3 N–H and O–H groups in total. The van der Waals surface area contributed by atoms with Crippen LogP contribution >= 0.6 is 11.8 Å². The third-order valence-corrected chi connectivity index (χ3v) is 5.02. The summed E-state index contributed by atoms with van der Waals surface area (Å²) in [6.07, 6.45) is -0.809. The number of carbonyl (C=O) groups excluding carboxylic acids is 2. The van der Waals surface area contributed by atoms with E-state index in [-0.39, 0.29) is 35.3 Å². The van der Waals surface area contributed by atoms with Crippen LogP contribution in [0.1, 0.15) is 20.8 Å². The van der Waals surface area contributed by atoms with Gasteiger partial charge in [0.25, 0.3) is 0 Å². The van der Waals surface area contributed by atoms with Gasteiger partial charge in [-0.15, -0.1) is 11.8 Å². The van der Waals surface area contributed by atoms with E-state index >= 15 is 0 Å². The maximum absolute atomic E-state index is 12.1. The molecule has 8 heteroatoms. The third kappa shape index (κ3) is 2.53. The molecular weight excluding hydrogens is 296 g/mol. The molecule has 0 aromatic carbocycles. The first kappa shape index (κ1) is 15.8. The first-order valence-corrected chi connectivity index (χ1v) is 7.61. The molecule has 0 aromatic heterocycles. The number of aliphatic hydroxyl groups is 1. The first-order valence-electron chi connectivity index (χ1n) is 6.63. The molecule has 0 aliphatic carbocycles. The number of carbonyl (C=O) groups is 3. The van der Waals surface area contributed by atoms with Crippen LogP contribution in [0.15, 0.2) is 10.6 Å². The highest BCUT2D eigenvalue weighted by molar-refractivity contribution is 8.03. The van der Waals surface area contributed by atoms with Crippen molar-refractivity contribution in [3.05, 3.63) is 10.6 Å². The number of nitrogens with zero attached hydrogens (tertiary/aromatic N) is 1. The average Bonchev–Trinajstić information content (AvgIpc) is 2.59. The quantitative estimate of drug-likeness (QED) is 0.486. The van der Waals surface area contributed by atoms with Gasteiger partial charge in [-0.3, -0.25) is 9.59 Å². The Morgan fingerprint density at radius 3 is 2.57 bits per heavy atom. The second-order valence-corrected chi connectivity index (χ2v) is 6.31. The number of thioether (sulfide) groups is 1. The molecule has 0 unspecified atom stereocenters. The van der Waals surface area contributed by atoms with Gasteiger partial charge in [0.2, 0.25) is 11.8 Å². The minimum absolute atomic E-state index is 0.0234. The van der Waals surface area contributed by atoms with Crippen molar-refractivity contribution in [2.45, 2.75) is 32.9 Å². The van der Waals surface area contributed by atoms with Crippen LogP contribution in [0.25, 0.3) is 0 Å². The number of carboxylic acid groups (broad SMARTS) is 1. The van der Waals surface area contributed by atoms with Gasteiger partial charge in [-0.1, -0.05) is 6.92 Å². The van der Waals surface area contributed by atoms with E-state index in [4.69, 9.17) is 0 Å². The van der Waals surface area contributed by atoms with Crippen molar-refractivity contribution < 1.29 is 24.6 Å². The molecule has 1 fully saturated rings. The number of amides is 2. The number of β-lactam (4-membered cyclic amide) rings is 1. The lowest BCUT2D eigenvalue weighted by atomic mass is 9.79. The van der Waals surface area contributed by atoms with E-state index in [1.165, 1.54) is 30.5 Å². The van der Waals surface area contributed by atoms with E-state index in [1.807, 2.05) is 6.92 Å². The second kappa shape index (κ2) is 5.69. The van der Waals surface area contributed by atoms with Crippen LogP contribution in [0, 0.1) is 11.8 Å². The van der Waals surface area contributed by atoms with Crippen molar-refractivity contribution in [3.8, 4) is 0 Å². The zero-order chi connectivity index (χ0) is 15.9. The molecule has 1 saturated heterocycles. The first-order chi connectivity index (χ1) is 9.77. The minimum atomic E-state index is -1.16. The summed E-state index contributed by atoms with van der Waals surface area (Å²) in [4.78, 5) is 36.2. The summed E-state index contributed by atoms with van der Waals surface area (Å²) >= 11 is 1.21. The fourth-order valence-corrected chi connectivity index (χ4v) is 4.09. The number of carboxylic acids is 1. The average molecular weight is 314 g/mol. The van der Waals surface area contributed by atoms with E-state index < -0.39 is 18.0 Å². The summed E-state index contributed by atoms with van der Waals surface area (Å²) in [6, 6.07) is -0.316. The highest BCUT2D eigenvalue weighted by Crippen LogP contribution is 2.50. The van der Waals surface area contributed by atoms with E-state index in [9.17, 15) is 24.6 Å². The molecule has 0 saturated carbocycles. The molecule has 0 radical (unpaired) electrons. The van der Waals surface area contributed by atoms with Gasteiger partial charge in [-0.25, -0.2) is 4.79 Å². The van der Waals surface area contributed by atoms with E-state index in [1.54, 1.807) is 0 Å². The second-order valence-electron chi connectivity index (χ2n) is 5.29. The van der Waals surface area contributed by atoms with Crippen LogP contribution in [-0.4, -0.2) is 50.9 Å². The van der Waals surface area contributed by atoms with Crippen LogP contribution in [0.3, 0.4) is 0 Å². The van der Waals surface area contributed by atoms with Gasteiger partial charge in [0.05, 0.1) is 23.9 Å². The van der Waals surface area contributed by atoms with Crippen molar-refractivity contribution in [3.63, 3.8) is 0 Å². The monoisotopic (exact) mass is 314 g/mol. The molecule has 2 aliphatic heterocycles. The topological polar surface area (TPSA) is 107 Å². The lowest BCUT2D eigenvalue weighted by molar-refractivity contribution is -0.163. The number of hydrogen-bond donors (Lipinski definition) is 3. The summed E-state index contributed by atoms with van der Waals surface area (Å²) < 4.78 is 0. The molecule has 2 rings (SSSR count). The maximum Gasteiger partial charge on any atom is 0.353 e. The maximum atomic E-state index is 12.1. The predicted octanol–water partition coefficient (Wildman–Crippen LogP) is -0.0331. The summed E-state index contributed by atoms with van der Waals surface area (Å²) in [5.41, 5.74) is -0.0234. The molecule has 21 heavy (non-hydrogen) atoms. The Hall–Kier alpha value is -1.54. The smallest absolute Gasteiger partial charge is 0.353 e. The Balaban J connectivity index is 2.23. The van der Waals surface area contributed by atoms with Crippen molar-refractivity contribution in [2.75, 3.05) is 5.88 Å². The third-order valence-electron chi connectivity index (χ3n) is 3.86. The van der Waals surface area contributed by atoms with E-state index in [0.717, 1.165) is 0 Å². The number of aliphatic hydroxyl groups excluding tert-OH is 1. The molecule has 116 valence electrons. The highest BCUT2D eigenvalue weighted by Gasteiger charge is 2.59. The molecule has 7 nitrogen and oxygen atoms in total. The van der Waals surface area contributed by atoms with Crippen LogP contribution in [0.5, 0.6) is 0 Å². The SMILES string of the molecule is CC(=O)NCSC1=C(C(=O)O)N2C(=O)[C@H]([C@@H](C)O)[C@H]2[C@H]1C. The molecule has 2 aliphatic rings. The van der Waals surface area contributed by atoms with Gasteiger partial charge in [0, 0.05) is 17.7 Å². The summed E-state index contributed by atoms with van der Waals surface area (Å²) in [6.45, 7) is 4.76. The Morgan fingerprint density at radius 2 is 2.10 bits per heavy atom. The fraction of sp³-hybridized carbons (Fsp3) is 0.615. The van der Waals surface area contributed by atoms with Gasteiger partial charge in [-0.05, 0) is 6.92 Å². The molecular formula is C13H18N2O5S. The molecule has 0 aromatic rings. The van der Waals surface area contributed by atoms with Gasteiger partial charge in [0.1, 0.15) is 5.70 Å². The fourth-order valence-electron chi connectivity index (χ4n) is 2.93. The molecule has 0 spiro atoms.